The Morgan fingerprint density at radius 3 is 2.78 bits per heavy atom. The normalized spacial score (nSPS) is 10.1. The number of thiophene rings is 1. The molecule has 0 aliphatic rings. The van der Waals surface area contributed by atoms with Gasteiger partial charge in [-0.1, -0.05) is 0 Å². The summed E-state index contributed by atoms with van der Waals surface area (Å²) in [5.74, 6) is 0. The maximum Gasteiger partial charge on any atom is 0.107 e. The summed E-state index contributed by atoms with van der Waals surface area (Å²) in [4.78, 5) is 5.11. The van der Waals surface area contributed by atoms with Gasteiger partial charge in [0.15, 0.2) is 0 Å². The van der Waals surface area contributed by atoms with Gasteiger partial charge < -0.3 is 11.1 Å². The molecule has 0 saturated heterocycles. The molecular formula is C13H14N4S. The van der Waals surface area contributed by atoms with E-state index in [-0.39, 0.29) is 0 Å². The van der Waals surface area contributed by atoms with Crippen molar-refractivity contribution < 1.29 is 0 Å². The molecule has 92 valence electrons. The molecule has 0 aliphatic heterocycles. The zero-order chi connectivity index (χ0) is 13.0. The smallest absolute Gasteiger partial charge is 0.107 e. The number of nitrogens with zero attached hydrogens (tertiary/aromatic N) is 2. The number of anilines is 1. The number of rotatable bonds is 4. The van der Waals surface area contributed by atoms with Crippen molar-refractivity contribution in [2.45, 2.75) is 6.92 Å². The number of nitrogens with one attached hydrogen (secondary N) is 1. The Kier molecular flexibility index (Phi) is 3.92. The molecule has 0 spiro atoms. The van der Waals surface area contributed by atoms with E-state index in [4.69, 9.17) is 5.73 Å². The van der Waals surface area contributed by atoms with Crippen LogP contribution in [-0.4, -0.2) is 18.1 Å². The molecule has 4 nitrogen and oxygen atoms in total. The number of pyridine rings is 1. The van der Waals surface area contributed by atoms with Gasteiger partial charge in [-0.3, -0.25) is 4.98 Å². The molecule has 0 atom stereocenters. The van der Waals surface area contributed by atoms with Crippen LogP contribution in [0.25, 0.3) is 10.4 Å². The van der Waals surface area contributed by atoms with Gasteiger partial charge in [-0.05, 0) is 30.2 Å². The molecule has 0 bridgehead atoms. The molecule has 2 aromatic heterocycles. The molecule has 2 heterocycles. The maximum atomic E-state index is 9.23. The highest BCUT2D eigenvalue weighted by Gasteiger charge is 2.15. The second kappa shape index (κ2) is 5.63. The Hall–Kier alpha value is -1.90. The SMILES string of the molecule is Cc1c(-c2ccncc2)sc(NCCN)c1C#N. The predicted octanol–water partition coefficient (Wildman–Crippen LogP) is 2.36. The minimum absolute atomic E-state index is 0.548. The largest absolute Gasteiger partial charge is 0.375 e. The Morgan fingerprint density at radius 2 is 2.17 bits per heavy atom. The molecule has 3 N–H and O–H groups in total. The third-order valence-electron chi connectivity index (χ3n) is 2.63. The van der Waals surface area contributed by atoms with E-state index in [2.05, 4.69) is 16.4 Å². The Bertz CT molecular complexity index is 569. The lowest BCUT2D eigenvalue weighted by atomic mass is 10.1. The zero-order valence-electron chi connectivity index (χ0n) is 10.1. The summed E-state index contributed by atoms with van der Waals surface area (Å²) in [5.41, 5.74) is 8.28. The molecule has 0 aliphatic carbocycles. The number of hydrogen-bond donors (Lipinski definition) is 2. The lowest BCUT2D eigenvalue weighted by molar-refractivity contribution is 1.03. The van der Waals surface area contributed by atoms with Crippen LogP contribution in [0.3, 0.4) is 0 Å². The minimum Gasteiger partial charge on any atom is -0.375 e. The monoisotopic (exact) mass is 258 g/mol. The molecule has 5 heteroatoms. The third kappa shape index (κ3) is 2.35. The number of hydrogen-bond acceptors (Lipinski definition) is 5. The minimum atomic E-state index is 0.548. The lowest BCUT2D eigenvalue weighted by Gasteiger charge is -2.00. The first-order chi connectivity index (χ1) is 8.77. The highest BCUT2D eigenvalue weighted by atomic mass is 32.1. The molecule has 0 fully saturated rings. The van der Waals surface area contributed by atoms with Gasteiger partial charge in [0, 0.05) is 30.4 Å². The van der Waals surface area contributed by atoms with Crippen LogP contribution in [0, 0.1) is 18.3 Å². The van der Waals surface area contributed by atoms with E-state index >= 15 is 0 Å². The van der Waals surface area contributed by atoms with Crippen LogP contribution in [-0.2, 0) is 0 Å². The maximum absolute atomic E-state index is 9.23. The van der Waals surface area contributed by atoms with Crippen molar-refractivity contribution in [1.82, 2.24) is 4.98 Å². The van der Waals surface area contributed by atoms with Gasteiger partial charge in [0.1, 0.15) is 11.1 Å². The average molecular weight is 258 g/mol. The summed E-state index contributed by atoms with van der Waals surface area (Å²) in [5, 5.41) is 13.3. The van der Waals surface area contributed by atoms with Crippen molar-refractivity contribution in [3.05, 3.63) is 35.7 Å². The highest BCUT2D eigenvalue weighted by Crippen LogP contribution is 2.39. The Balaban J connectivity index is 2.44. The first kappa shape index (κ1) is 12.6. The third-order valence-corrected chi connectivity index (χ3v) is 3.93. The fraction of sp³-hybridized carbons (Fsp3) is 0.231. The lowest BCUT2D eigenvalue weighted by Crippen LogP contribution is -2.12. The number of nitriles is 1. The zero-order valence-corrected chi connectivity index (χ0v) is 10.9. The van der Waals surface area contributed by atoms with Gasteiger partial charge >= 0.3 is 0 Å². The van der Waals surface area contributed by atoms with Gasteiger partial charge in [-0.2, -0.15) is 5.26 Å². The second-order valence-corrected chi connectivity index (χ2v) is 4.84. The summed E-state index contributed by atoms with van der Waals surface area (Å²) in [7, 11) is 0. The first-order valence-corrected chi connectivity index (χ1v) is 6.47. The van der Waals surface area contributed by atoms with E-state index in [1.54, 1.807) is 23.7 Å². The van der Waals surface area contributed by atoms with Gasteiger partial charge in [-0.15, -0.1) is 11.3 Å². The molecule has 0 unspecified atom stereocenters. The van der Waals surface area contributed by atoms with Crippen LogP contribution in [0.4, 0.5) is 5.00 Å². The summed E-state index contributed by atoms with van der Waals surface area (Å²) in [6.45, 7) is 3.19. The molecule has 2 rings (SSSR count). The van der Waals surface area contributed by atoms with Gasteiger partial charge in [0.25, 0.3) is 0 Å². The van der Waals surface area contributed by atoms with Crippen LogP contribution in [0.5, 0.6) is 0 Å². The molecule has 0 aromatic carbocycles. The molecule has 0 saturated carbocycles. The van der Waals surface area contributed by atoms with Crippen LogP contribution < -0.4 is 11.1 Å². The second-order valence-electron chi connectivity index (χ2n) is 3.82. The van der Waals surface area contributed by atoms with Crippen molar-refractivity contribution in [2.75, 3.05) is 18.4 Å². The number of aromatic nitrogens is 1. The van der Waals surface area contributed by atoms with Crippen molar-refractivity contribution in [3.8, 4) is 16.5 Å². The fourth-order valence-corrected chi connectivity index (χ4v) is 2.93. The van der Waals surface area contributed by atoms with Crippen LogP contribution in [0.15, 0.2) is 24.5 Å². The van der Waals surface area contributed by atoms with Crippen molar-refractivity contribution in [3.63, 3.8) is 0 Å². The molecule has 0 amide bonds. The van der Waals surface area contributed by atoms with Crippen molar-refractivity contribution in [2.24, 2.45) is 5.73 Å². The molecular weight excluding hydrogens is 244 g/mol. The number of nitrogens with two attached hydrogens (primary N) is 1. The van der Waals surface area contributed by atoms with Gasteiger partial charge in [-0.25, -0.2) is 0 Å². The van der Waals surface area contributed by atoms with Crippen LogP contribution >= 0.6 is 11.3 Å². The quantitative estimate of drug-likeness (QED) is 0.882. The summed E-state index contributed by atoms with van der Waals surface area (Å²) in [6.07, 6.45) is 3.51. The summed E-state index contributed by atoms with van der Waals surface area (Å²) < 4.78 is 0. The topological polar surface area (TPSA) is 74.7 Å². The van der Waals surface area contributed by atoms with E-state index < -0.39 is 0 Å². The standard InChI is InChI=1S/C13H14N4S/c1-9-11(8-15)13(17-7-4-14)18-12(9)10-2-5-16-6-3-10/h2-3,5-6,17H,4,7,14H2,1H3. The van der Waals surface area contributed by atoms with Crippen molar-refractivity contribution in [1.29, 1.82) is 5.26 Å². The average Bonchev–Trinajstić information content (AvgIpc) is 2.73. The summed E-state index contributed by atoms with van der Waals surface area (Å²) >= 11 is 1.59. The predicted molar refractivity (Wildman–Crippen MR) is 74.5 cm³/mol. The van der Waals surface area contributed by atoms with Crippen molar-refractivity contribution >= 4 is 16.3 Å². The highest BCUT2D eigenvalue weighted by molar-refractivity contribution is 7.19. The van der Waals surface area contributed by atoms with E-state index in [1.807, 2.05) is 19.1 Å². The molecule has 0 radical (unpaired) electrons. The fourth-order valence-electron chi connectivity index (χ4n) is 1.74. The first-order valence-electron chi connectivity index (χ1n) is 5.65. The molecule has 2 aromatic rings. The van der Waals surface area contributed by atoms with Gasteiger partial charge in [0.05, 0.1) is 5.56 Å². The summed E-state index contributed by atoms with van der Waals surface area (Å²) in [6, 6.07) is 6.16. The van der Waals surface area contributed by atoms with E-state index in [0.29, 0.717) is 18.7 Å². The van der Waals surface area contributed by atoms with Crippen LogP contribution in [0.2, 0.25) is 0 Å². The van der Waals surface area contributed by atoms with E-state index in [1.165, 1.54) is 0 Å². The van der Waals surface area contributed by atoms with Gasteiger partial charge in [0.2, 0.25) is 0 Å². The van der Waals surface area contributed by atoms with E-state index in [9.17, 15) is 5.26 Å². The molecule has 18 heavy (non-hydrogen) atoms. The Labute approximate surface area is 110 Å². The Morgan fingerprint density at radius 1 is 1.44 bits per heavy atom. The van der Waals surface area contributed by atoms with Crippen LogP contribution in [0.1, 0.15) is 11.1 Å². The van der Waals surface area contributed by atoms with E-state index in [0.717, 1.165) is 21.0 Å².